The Morgan fingerprint density at radius 1 is 1.62 bits per heavy atom. The van der Waals surface area contributed by atoms with Crippen LogP contribution in [0.2, 0.25) is 0 Å². The molecular formula is C12H18N2OS. The topological polar surface area (TPSA) is 34.9 Å². The molecule has 1 aromatic rings. The Bertz CT molecular complexity index is 356. The smallest absolute Gasteiger partial charge is 0.211 e. The molecule has 1 fully saturated rings. The normalized spacial score (nSPS) is 20.9. The molecule has 2 rings (SSSR count). The fourth-order valence-electron chi connectivity index (χ4n) is 2.05. The van der Waals surface area contributed by atoms with Crippen LogP contribution < -0.4 is 0 Å². The van der Waals surface area contributed by atoms with Crippen LogP contribution in [0.15, 0.2) is 12.4 Å². The van der Waals surface area contributed by atoms with Crippen LogP contribution in [0.4, 0.5) is 0 Å². The van der Waals surface area contributed by atoms with Crippen molar-refractivity contribution in [2.45, 2.75) is 44.4 Å². The van der Waals surface area contributed by atoms with Gasteiger partial charge in [0.25, 0.3) is 0 Å². The number of aromatic nitrogens is 2. The van der Waals surface area contributed by atoms with E-state index in [2.05, 4.69) is 11.9 Å². The minimum Gasteiger partial charge on any atom is -0.329 e. The van der Waals surface area contributed by atoms with E-state index in [1.807, 2.05) is 10.8 Å². The molecule has 2 heterocycles. The highest BCUT2D eigenvalue weighted by Crippen LogP contribution is 2.27. The molecule has 0 radical (unpaired) electrons. The zero-order valence-electron chi connectivity index (χ0n) is 9.69. The van der Waals surface area contributed by atoms with Crippen LogP contribution in [-0.2, 0) is 6.54 Å². The quantitative estimate of drug-likeness (QED) is 0.757. The number of aryl methyl sites for hydroxylation is 1. The second-order valence-electron chi connectivity index (χ2n) is 4.16. The van der Waals surface area contributed by atoms with Gasteiger partial charge in [0, 0.05) is 18.9 Å². The first-order valence-electron chi connectivity index (χ1n) is 6.00. The Morgan fingerprint density at radius 2 is 2.50 bits per heavy atom. The molecular weight excluding hydrogens is 220 g/mol. The van der Waals surface area contributed by atoms with Crippen molar-refractivity contribution < 1.29 is 4.79 Å². The first kappa shape index (κ1) is 11.7. The van der Waals surface area contributed by atoms with E-state index in [-0.39, 0.29) is 11.0 Å². The molecule has 0 aliphatic carbocycles. The third-order valence-corrected chi connectivity index (χ3v) is 4.25. The number of ketones is 1. The molecule has 0 bridgehead atoms. The van der Waals surface area contributed by atoms with Crippen molar-refractivity contribution in [1.82, 2.24) is 9.55 Å². The van der Waals surface area contributed by atoms with Crippen molar-refractivity contribution in [3.8, 4) is 0 Å². The third kappa shape index (κ3) is 2.48. The summed E-state index contributed by atoms with van der Waals surface area (Å²) in [4.78, 5) is 16.5. The monoisotopic (exact) mass is 238 g/mol. The lowest BCUT2D eigenvalue weighted by molar-refractivity contribution is 0.0970. The predicted octanol–water partition coefficient (Wildman–Crippen LogP) is 2.76. The van der Waals surface area contributed by atoms with Gasteiger partial charge in [0.05, 0.1) is 5.25 Å². The molecule has 16 heavy (non-hydrogen) atoms. The van der Waals surface area contributed by atoms with Gasteiger partial charge in [-0.3, -0.25) is 4.79 Å². The van der Waals surface area contributed by atoms with Gasteiger partial charge in [-0.15, -0.1) is 0 Å². The Kier molecular flexibility index (Phi) is 4.04. The molecule has 1 aliphatic rings. The molecule has 88 valence electrons. The Hall–Kier alpha value is -0.770. The summed E-state index contributed by atoms with van der Waals surface area (Å²) in [5.41, 5.74) is 0. The largest absolute Gasteiger partial charge is 0.329 e. The molecule has 3 nitrogen and oxygen atoms in total. The van der Waals surface area contributed by atoms with Crippen LogP contribution >= 0.6 is 11.8 Å². The minimum absolute atomic E-state index is 0.145. The van der Waals surface area contributed by atoms with Crippen molar-refractivity contribution in [2.75, 3.05) is 5.75 Å². The van der Waals surface area contributed by atoms with Crippen molar-refractivity contribution in [3.63, 3.8) is 0 Å². The highest BCUT2D eigenvalue weighted by Gasteiger charge is 2.25. The van der Waals surface area contributed by atoms with E-state index in [0.717, 1.165) is 25.1 Å². The predicted molar refractivity (Wildman–Crippen MR) is 66.9 cm³/mol. The van der Waals surface area contributed by atoms with Crippen molar-refractivity contribution in [2.24, 2.45) is 0 Å². The number of rotatable bonds is 4. The maximum Gasteiger partial charge on any atom is 0.211 e. The lowest BCUT2D eigenvalue weighted by Crippen LogP contribution is -2.24. The van der Waals surface area contributed by atoms with Crippen LogP contribution in [0.3, 0.4) is 0 Å². The van der Waals surface area contributed by atoms with Gasteiger partial charge in [-0.25, -0.2) is 4.98 Å². The third-order valence-electron chi connectivity index (χ3n) is 2.87. The highest BCUT2D eigenvalue weighted by molar-refractivity contribution is 8.00. The zero-order valence-corrected chi connectivity index (χ0v) is 10.5. The number of hydrogen-bond donors (Lipinski definition) is 0. The number of carbonyl (C=O) groups excluding carboxylic acids is 1. The second kappa shape index (κ2) is 5.53. The molecule has 0 aromatic carbocycles. The minimum atomic E-state index is 0.145. The molecule has 1 unspecified atom stereocenters. The molecule has 0 saturated carbocycles. The fraction of sp³-hybridized carbons (Fsp3) is 0.667. The van der Waals surface area contributed by atoms with Gasteiger partial charge in [-0.1, -0.05) is 13.3 Å². The van der Waals surface area contributed by atoms with Crippen LogP contribution in [0, 0.1) is 0 Å². The first-order valence-corrected chi connectivity index (χ1v) is 7.04. The number of hydrogen-bond acceptors (Lipinski definition) is 3. The van der Waals surface area contributed by atoms with E-state index in [4.69, 9.17) is 0 Å². The number of Topliss-reactive ketones (excluding diaryl/α,β-unsaturated/α-hetero) is 1. The second-order valence-corrected chi connectivity index (χ2v) is 5.47. The van der Waals surface area contributed by atoms with Gasteiger partial charge in [0.1, 0.15) is 0 Å². The summed E-state index contributed by atoms with van der Waals surface area (Å²) >= 11 is 1.79. The van der Waals surface area contributed by atoms with Crippen molar-refractivity contribution in [3.05, 3.63) is 18.2 Å². The van der Waals surface area contributed by atoms with E-state index < -0.39 is 0 Å². The SMILES string of the molecule is CCCn1ccnc1C(=O)C1CCCCS1. The van der Waals surface area contributed by atoms with E-state index in [1.165, 1.54) is 12.8 Å². The maximum atomic E-state index is 12.3. The molecule has 1 saturated heterocycles. The summed E-state index contributed by atoms with van der Waals surface area (Å²) < 4.78 is 1.98. The summed E-state index contributed by atoms with van der Waals surface area (Å²) in [7, 11) is 0. The van der Waals surface area contributed by atoms with E-state index in [1.54, 1.807) is 18.0 Å². The molecule has 1 atom stereocenters. The molecule has 0 amide bonds. The number of thioether (sulfide) groups is 1. The van der Waals surface area contributed by atoms with Gasteiger partial charge >= 0.3 is 0 Å². The average molecular weight is 238 g/mol. The standard InChI is InChI=1S/C12H18N2OS/c1-2-7-14-8-6-13-12(14)11(15)10-5-3-4-9-16-10/h6,8,10H,2-5,7,9H2,1H3. The molecule has 1 aromatic heterocycles. The van der Waals surface area contributed by atoms with Gasteiger partial charge in [-0.05, 0) is 25.0 Å². The van der Waals surface area contributed by atoms with Gasteiger partial charge < -0.3 is 4.57 Å². The van der Waals surface area contributed by atoms with Crippen molar-refractivity contribution >= 4 is 17.5 Å². The highest BCUT2D eigenvalue weighted by atomic mass is 32.2. The first-order chi connectivity index (χ1) is 7.83. The average Bonchev–Trinajstić information content (AvgIpc) is 2.78. The van der Waals surface area contributed by atoms with E-state index in [9.17, 15) is 4.79 Å². The van der Waals surface area contributed by atoms with Crippen LogP contribution in [0.5, 0.6) is 0 Å². The summed E-state index contributed by atoms with van der Waals surface area (Å²) in [6, 6.07) is 0. The number of nitrogens with zero attached hydrogens (tertiary/aromatic N) is 2. The molecule has 1 aliphatic heterocycles. The van der Waals surface area contributed by atoms with Gasteiger partial charge in [0.15, 0.2) is 5.82 Å². The van der Waals surface area contributed by atoms with Crippen molar-refractivity contribution in [1.29, 1.82) is 0 Å². The Morgan fingerprint density at radius 3 is 3.19 bits per heavy atom. The molecule has 4 heteroatoms. The Balaban J connectivity index is 2.09. The van der Waals surface area contributed by atoms with Crippen LogP contribution in [-0.4, -0.2) is 26.3 Å². The lowest BCUT2D eigenvalue weighted by Gasteiger charge is -2.19. The lowest BCUT2D eigenvalue weighted by atomic mass is 10.1. The Labute approximate surface area is 101 Å². The van der Waals surface area contributed by atoms with E-state index in [0.29, 0.717) is 5.82 Å². The van der Waals surface area contributed by atoms with Crippen LogP contribution in [0.25, 0.3) is 0 Å². The summed E-state index contributed by atoms with van der Waals surface area (Å²) in [5.74, 6) is 2.00. The molecule has 0 spiro atoms. The maximum absolute atomic E-state index is 12.3. The summed E-state index contributed by atoms with van der Waals surface area (Å²) in [5, 5.41) is 0.145. The fourth-order valence-corrected chi connectivity index (χ4v) is 3.29. The van der Waals surface area contributed by atoms with Gasteiger partial charge in [0.2, 0.25) is 5.78 Å². The van der Waals surface area contributed by atoms with Crippen LogP contribution in [0.1, 0.15) is 43.2 Å². The summed E-state index contributed by atoms with van der Waals surface area (Å²) in [6.07, 6.45) is 8.12. The molecule has 0 N–H and O–H groups in total. The van der Waals surface area contributed by atoms with E-state index >= 15 is 0 Å². The zero-order chi connectivity index (χ0) is 11.4. The number of imidazole rings is 1. The number of carbonyl (C=O) groups is 1. The van der Waals surface area contributed by atoms with Gasteiger partial charge in [-0.2, -0.15) is 11.8 Å². The summed E-state index contributed by atoms with van der Waals surface area (Å²) in [6.45, 7) is 3.00.